The molecule has 166 valence electrons. The highest BCUT2D eigenvalue weighted by Crippen LogP contribution is 2.62. The summed E-state index contributed by atoms with van der Waals surface area (Å²) in [5, 5.41) is 1.65. The van der Waals surface area contributed by atoms with Crippen LogP contribution in [0.3, 0.4) is 0 Å². The van der Waals surface area contributed by atoms with E-state index in [-0.39, 0.29) is 5.92 Å². The number of aromatic amines is 1. The molecule has 3 aliphatic carbocycles. The topological polar surface area (TPSA) is 41.1 Å². The Hall–Kier alpha value is -2.37. The number of benzene rings is 2. The van der Waals surface area contributed by atoms with Crippen molar-refractivity contribution >= 4 is 34.2 Å². The Kier molecular flexibility index (Phi) is 4.15. The lowest BCUT2D eigenvalue weighted by atomic mass is 9.67. The monoisotopic (exact) mass is 475 g/mol. The summed E-state index contributed by atoms with van der Waals surface area (Å²) < 4.78 is 7.41. The van der Waals surface area contributed by atoms with Gasteiger partial charge in [-0.2, -0.15) is 0 Å². The molecule has 0 spiro atoms. The molecule has 1 fully saturated rings. The molecular formula is C27H23Cl2N3O. The van der Waals surface area contributed by atoms with Crippen LogP contribution < -0.4 is 0 Å². The molecule has 0 saturated carbocycles. The molecule has 4 aliphatic rings. The predicted octanol–water partition coefficient (Wildman–Crippen LogP) is 5.85. The van der Waals surface area contributed by atoms with Gasteiger partial charge < -0.3 is 14.6 Å². The number of rotatable bonds is 4. The molecule has 2 aromatic carbocycles. The lowest BCUT2D eigenvalue weighted by Gasteiger charge is -2.54. The summed E-state index contributed by atoms with van der Waals surface area (Å²) >= 11 is 13.7. The van der Waals surface area contributed by atoms with E-state index in [1.54, 1.807) is 0 Å². The molecule has 7 rings (SSSR count). The van der Waals surface area contributed by atoms with Gasteiger partial charge in [0.1, 0.15) is 17.0 Å². The first-order valence-electron chi connectivity index (χ1n) is 11.4. The third-order valence-corrected chi connectivity index (χ3v) is 8.69. The SMILES string of the molecule is CN1CCC2(OC3(Cc4nc5ccccc5[nH]4)c4cccc3c4Cl)c3cccc(c3Cl)C2C1. The number of likely N-dealkylation sites (N-methyl/N-ethyl adjacent to an activating group) is 1. The molecule has 2 heterocycles. The van der Waals surface area contributed by atoms with Crippen molar-refractivity contribution in [3.05, 3.63) is 98.8 Å². The van der Waals surface area contributed by atoms with Crippen LogP contribution in [0.5, 0.6) is 0 Å². The van der Waals surface area contributed by atoms with Gasteiger partial charge in [0, 0.05) is 42.1 Å². The molecule has 1 aromatic heterocycles. The van der Waals surface area contributed by atoms with Gasteiger partial charge in [-0.1, -0.05) is 71.8 Å². The first kappa shape index (κ1) is 20.0. The number of imidazole rings is 1. The second-order valence-electron chi connectivity index (χ2n) is 9.64. The molecular weight excluding hydrogens is 453 g/mol. The van der Waals surface area contributed by atoms with E-state index in [9.17, 15) is 0 Å². The van der Waals surface area contributed by atoms with E-state index in [2.05, 4.69) is 59.4 Å². The molecule has 0 radical (unpaired) electrons. The highest BCUT2D eigenvalue weighted by atomic mass is 35.5. The summed E-state index contributed by atoms with van der Waals surface area (Å²) in [6.45, 7) is 1.86. The third kappa shape index (κ3) is 2.58. The number of ether oxygens (including phenoxy) is 1. The Labute approximate surface area is 202 Å². The van der Waals surface area contributed by atoms with E-state index in [0.717, 1.165) is 63.1 Å². The summed E-state index contributed by atoms with van der Waals surface area (Å²) in [7, 11) is 2.17. The summed E-state index contributed by atoms with van der Waals surface area (Å²) in [6, 6.07) is 14.5. The number of piperidine rings is 1. The molecule has 1 saturated heterocycles. The van der Waals surface area contributed by atoms with Crippen LogP contribution in [0.4, 0.5) is 0 Å². The van der Waals surface area contributed by atoms with Gasteiger partial charge in [-0.25, -0.2) is 4.98 Å². The molecule has 1 N–H and O–H groups in total. The van der Waals surface area contributed by atoms with Gasteiger partial charge in [0.15, 0.2) is 0 Å². The van der Waals surface area contributed by atoms with Crippen LogP contribution in [-0.2, 0) is 16.8 Å². The number of hydrogen-bond acceptors (Lipinski definition) is 3. The van der Waals surface area contributed by atoms with Crippen molar-refractivity contribution in [2.45, 2.75) is 30.0 Å². The Morgan fingerprint density at radius 3 is 2.85 bits per heavy atom. The number of para-hydroxylation sites is 2. The van der Waals surface area contributed by atoms with Gasteiger partial charge in [0.05, 0.1) is 21.1 Å². The Morgan fingerprint density at radius 1 is 1.18 bits per heavy atom. The van der Waals surface area contributed by atoms with Gasteiger partial charge >= 0.3 is 0 Å². The second kappa shape index (κ2) is 6.83. The molecule has 0 amide bonds. The lowest BCUT2D eigenvalue weighted by molar-refractivity contribution is -0.163. The molecule has 3 aromatic rings. The maximum absolute atomic E-state index is 7.41. The molecule has 4 bridgehead atoms. The average molecular weight is 476 g/mol. The quantitative estimate of drug-likeness (QED) is 0.514. The molecule has 1 aliphatic heterocycles. The van der Waals surface area contributed by atoms with Crippen LogP contribution in [0.25, 0.3) is 11.0 Å². The van der Waals surface area contributed by atoms with Crippen molar-refractivity contribution < 1.29 is 4.74 Å². The summed E-state index contributed by atoms with van der Waals surface area (Å²) in [6.07, 6.45) is 7.71. The maximum Gasteiger partial charge on any atom is 0.129 e. The third-order valence-electron chi connectivity index (χ3n) is 7.86. The van der Waals surface area contributed by atoms with Crippen molar-refractivity contribution in [1.82, 2.24) is 14.9 Å². The number of H-pyrrole nitrogens is 1. The number of allylic oxidation sites excluding steroid dienone is 2. The fourth-order valence-corrected chi connectivity index (χ4v) is 7.14. The molecule has 3 atom stereocenters. The minimum atomic E-state index is -0.649. The highest BCUT2D eigenvalue weighted by molar-refractivity contribution is 6.35. The van der Waals surface area contributed by atoms with Gasteiger partial charge in [0.25, 0.3) is 0 Å². The number of nitrogens with zero attached hydrogens (tertiary/aromatic N) is 2. The van der Waals surface area contributed by atoms with E-state index < -0.39 is 11.2 Å². The van der Waals surface area contributed by atoms with E-state index in [4.69, 9.17) is 32.9 Å². The van der Waals surface area contributed by atoms with Crippen LogP contribution in [-0.4, -0.2) is 40.6 Å². The lowest BCUT2D eigenvalue weighted by Crippen LogP contribution is -2.56. The molecule has 33 heavy (non-hydrogen) atoms. The van der Waals surface area contributed by atoms with E-state index in [0.29, 0.717) is 6.42 Å². The Balaban J connectivity index is 1.36. The summed E-state index contributed by atoms with van der Waals surface area (Å²) in [5.74, 6) is 1.09. The van der Waals surface area contributed by atoms with Crippen molar-refractivity contribution in [2.24, 2.45) is 0 Å². The molecule has 4 nitrogen and oxygen atoms in total. The minimum Gasteiger partial charge on any atom is -0.353 e. The van der Waals surface area contributed by atoms with Crippen molar-refractivity contribution in [3.8, 4) is 0 Å². The number of likely N-dealkylation sites (tertiary alicyclic amines) is 1. The van der Waals surface area contributed by atoms with Gasteiger partial charge in [-0.05, 0) is 31.2 Å². The fourth-order valence-electron chi connectivity index (χ4n) is 6.29. The normalized spacial score (nSPS) is 29.9. The van der Waals surface area contributed by atoms with Crippen LogP contribution in [0.1, 0.15) is 29.3 Å². The minimum absolute atomic E-state index is 0.187. The predicted molar refractivity (Wildman–Crippen MR) is 132 cm³/mol. The average Bonchev–Trinajstić information content (AvgIpc) is 3.26. The van der Waals surface area contributed by atoms with Crippen LogP contribution in [0.2, 0.25) is 5.02 Å². The summed E-state index contributed by atoms with van der Waals surface area (Å²) in [4.78, 5) is 10.8. The van der Waals surface area contributed by atoms with Crippen molar-refractivity contribution in [3.63, 3.8) is 0 Å². The van der Waals surface area contributed by atoms with Crippen LogP contribution >= 0.6 is 23.2 Å². The van der Waals surface area contributed by atoms with Crippen LogP contribution in [0.15, 0.2) is 76.9 Å². The zero-order chi connectivity index (χ0) is 22.4. The number of aromatic nitrogens is 2. The fraction of sp³-hybridized carbons (Fsp3) is 0.296. The smallest absolute Gasteiger partial charge is 0.129 e. The zero-order valence-corrected chi connectivity index (χ0v) is 19.7. The van der Waals surface area contributed by atoms with Gasteiger partial charge in [0.2, 0.25) is 0 Å². The van der Waals surface area contributed by atoms with Gasteiger partial charge in [-0.3, -0.25) is 0 Å². The first-order chi connectivity index (χ1) is 16.0. The van der Waals surface area contributed by atoms with Crippen LogP contribution in [0, 0.1) is 0 Å². The number of nitrogens with one attached hydrogen (secondary N) is 1. The first-order valence-corrected chi connectivity index (χ1v) is 12.2. The molecule has 6 heteroatoms. The highest BCUT2D eigenvalue weighted by Gasteiger charge is 2.60. The summed E-state index contributed by atoms with van der Waals surface area (Å²) in [5.41, 5.74) is 5.22. The van der Waals surface area contributed by atoms with Crippen molar-refractivity contribution in [1.29, 1.82) is 0 Å². The van der Waals surface area contributed by atoms with E-state index in [1.807, 2.05) is 18.2 Å². The molecule has 3 unspecified atom stereocenters. The Morgan fingerprint density at radius 2 is 2.06 bits per heavy atom. The standard InChI is InChI=1S/C27H23Cl2N3O/c1-32-13-12-26(17-7-4-6-16(24(17)28)20(26)15-32)33-27(18-8-5-9-19(27)25(18)29)14-23-30-21-10-2-3-11-22(21)31-23/h2-11,20H,12-15H2,1H3,(H,30,31). The number of hydrogen-bond donors (Lipinski definition) is 1. The number of fused-ring (bicyclic) bond motifs is 8. The van der Waals surface area contributed by atoms with E-state index in [1.165, 1.54) is 5.56 Å². The second-order valence-corrected chi connectivity index (χ2v) is 10.4. The van der Waals surface area contributed by atoms with Gasteiger partial charge in [-0.15, -0.1) is 0 Å². The largest absolute Gasteiger partial charge is 0.353 e. The van der Waals surface area contributed by atoms with Crippen molar-refractivity contribution in [2.75, 3.05) is 20.1 Å². The Bertz CT molecular complexity index is 1390. The maximum atomic E-state index is 7.41. The number of halogens is 2. The van der Waals surface area contributed by atoms with E-state index >= 15 is 0 Å². The zero-order valence-electron chi connectivity index (χ0n) is 18.2.